The number of thiocarbonyl (C=S) groups is 1. The average molecular weight is 323 g/mol. The van der Waals surface area contributed by atoms with Gasteiger partial charge in [-0.25, -0.2) is 0 Å². The van der Waals surface area contributed by atoms with Crippen molar-refractivity contribution in [3.05, 3.63) is 34.7 Å². The van der Waals surface area contributed by atoms with Crippen molar-refractivity contribution in [2.45, 2.75) is 6.04 Å². The second-order valence-corrected chi connectivity index (χ2v) is 6.02. The van der Waals surface area contributed by atoms with Crippen molar-refractivity contribution in [1.29, 1.82) is 0 Å². The normalized spacial score (nSPS) is 17.7. The van der Waals surface area contributed by atoms with Gasteiger partial charge in [0, 0.05) is 12.2 Å². The molecular formula is C13H13N3O3S2. The molecule has 110 valence electrons. The summed E-state index contributed by atoms with van der Waals surface area (Å²) in [4.78, 5) is 22.7. The van der Waals surface area contributed by atoms with Gasteiger partial charge in [-0.15, -0.1) is 0 Å². The molecule has 1 aromatic rings. The van der Waals surface area contributed by atoms with E-state index >= 15 is 0 Å². The highest BCUT2D eigenvalue weighted by Gasteiger charge is 2.21. The van der Waals surface area contributed by atoms with E-state index in [4.69, 9.17) is 23.1 Å². The first kappa shape index (κ1) is 15.5. The Balaban J connectivity index is 1.99. The first-order valence-corrected chi connectivity index (χ1v) is 7.25. The minimum Gasteiger partial charge on any atom is -0.480 e. The number of benzene rings is 1. The van der Waals surface area contributed by atoms with Gasteiger partial charge in [-0.05, 0) is 23.8 Å². The lowest BCUT2D eigenvalue weighted by Crippen LogP contribution is -2.36. The van der Waals surface area contributed by atoms with Crippen LogP contribution < -0.4 is 16.4 Å². The van der Waals surface area contributed by atoms with Crippen molar-refractivity contribution in [1.82, 2.24) is 5.32 Å². The molecule has 1 heterocycles. The monoisotopic (exact) mass is 323 g/mol. The van der Waals surface area contributed by atoms with Crippen molar-refractivity contribution >= 4 is 51.9 Å². The number of amides is 1. The summed E-state index contributed by atoms with van der Waals surface area (Å²) >= 11 is 6.13. The molecule has 8 heteroatoms. The molecular weight excluding hydrogens is 310 g/mol. The minimum atomic E-state index is -1.05. The molecule has 0 aromatic heterocycles. The molecule has 2 rings (SSSR count). The summed E-state index contributed by atoms with van der Waals surface area (Å²) in [5.41, 5.74) is 7.01. The lowest BCUT2D eigenvalue weighted by molar-refractivity contribution is -0.138. The molecule has 0 aliphatic carbocycles. The van der Waals surface area contributed by atoms with E-state index in [1.165, 1.54) is 11.8 Å². The standard InChI is InChI=1S/C13H13N3O3S2/c14-9(12(18)19)6-15-8-3-1-7(2-4-8)5-10-11(17)16-13(20)21-10/h1-5,9,15H,6,14H2,(H,18,19)(H,16,17,20)/b10-5-/t9-/m0/s1. The van der Waals surface area contributed by atoms with Crippen LogP contribution in [-0.4, -0.2) is 33.9 Å². The number of anilines is 1. The van der Waals surface area contributed by atoms with Crippen LogP contribution in [0.3, 0.4) is 0 Å². The number of carbonyl (C=O) groups is 2. The van der Waals surface area contributed by atoms with Gasteiger partial charge in [0.05, 0.1) is 4.91 Å². The van der Waals surface area contributed by atoms with Gasteiger partial charge in [-0.1, -0.05) is 36.1 Å². The number of hydrogen-bond acceptors (Lipinski definition) is 6. The number of thioether (sulfide) groups is 1. The molecule has 6 nitrogen and oxygen atoms in total. The number of nitrogens with two attached hydrogens (primary N) is 1. The van der Waals surface area contributed by atoms with Crippen LogP contribution in [0.25, 0.3) is 6.08 Å². The third kappa shape index (κ3) is 4.28. The van der Waals surface area contributed by atoms with Crippen LogP contribution in [-0.2, 0) is 9.59 Å². The Morgan fingerprint density at radius 3 is 2.67 bits per heavy atom. The summed E-state index contributed by atoms with van der Waals surface area (Å²) in [6.07, 6.45) is 1.74. The number of hydrogen-bond donors (Lipinski definition) is 4. The molecule has 1 saturated heterocycles. The largest absolute Gasteiger partial charge is 0.480 e. The van der Waals surface area contributed by atoms with Gasteiger partial charge in [0.25, 0.3) is 5.91 Å². The molecule has 1 amide bonds. The Labute approximate surface area is 130 Å². The molecule has 0 unspecified atom stereocenters. The van der Waals surface area contributed by atoms with E-state index in [1.807, 2.05) is 12.1 Å². The van der Waals surface area contributed by atoms with Gasteiger partial charge < -0.3 is 21.5 Å². The van der Waals surface area contributed by atoms with E-state index in [9.17, 15) is 9.59 Å². The van der Waals surface area contributed by atoms with Crippen LogP contribution in [0.1, 0.15) is 5.56 Å². The smallest absolute Gasteiger partial charge is 0.322 e. The van der Waals surface area contributed by atoms with Gasteiger partial charge in [0.1, 0.15) is 10.4 Å². The molecule has 0 saturated carbocycles. The third-order valence-electron chi connectivity index (χ3n) is 2.69. The van der Waals surface area contributed by atoms with E-state index in [1.54, 1.807) is 18.2 Å². The van der Waals surface area contributed by atoms with Crippen molar-refractivity contribution in [3.63, 3.8) is 0 Å². The molecule has 0 bridgehead atoms. The van der Waals surface area contributed by atoms with Gasteiger partial charge in [-0.2, -0.15) is 0 Å². The zero-order valence-corrected chi connectivity index (χ0v) is 12.5. The fourth-order valence-corrected chi connectivity index (χ4v) is 2.63. The van der Waals surface area contributed by atoms with Crippen molar-refractivity contribution < 1.29 is 14.7 Å². The highest BCUT2D eigenvalue weighted by atomic mass is 32.2. The molecule has 0 radical (unpaired) electrons. The highest BCUT2D eigenvalue weighted by molar-refractivity contribution is 8.26. The predicted molar refractivity (Wildman–Crippen MR) is 86.9 cm³/mol. The van der Waals surface area contributed by atoms with Gasteiger partial charge in [0.2, 0.25) is 0 Å². The van der Waals surface area contributed by atoms with Crippen LogP contribution in [0.4, 0.5) is 5.69 Å². The Morgan fingerprint density at radius 1 is 1.48 bits per heavy atom. The molecule has 5 N–H and O–H groups in total. The first-order chi connectivity index (χ1) is 9.95. The first-order valence-electron chi connectivity index (χ1n) is 6.03. The highest BCUT2D eigenvalue weighted by Crippen LogP contribution is 2.26. The number of carbonyl (C=O) groups excluding carboxylic acids is 1. The topological polar surface area (TPSA) is 104 Å². The summed E-state index contributed by atoms with van der Waals surface area (Å²) in [6, 6.07) is 6.26. The number of rotatable bonds is 5. The molecule has 1 atom stereocenters. The van der Waals surface area contributed by atoms with Crippen LogP contribution in [0, 0.1) is 0 Å². The minimum absolute atomic E-state index is 0.141. The molecule has 0 spiro atoms. The zero-order valence-electron chi connectivity index (χ0n) is 10.8. The fraction of sp³-hybridized carbons (Fsp3) is 0.154. The molecule has 1 fully saturated rings. The SMILES string of the molecule is N[C@@H](CNc1ccc(/C=C2\SC(=S)NC2=O)cc1)C(=O)O. The quantitative estimate of drug-likeness (QED) is 0.473. The Morgan fingerprint density at radius 2 is 2.14 bits per heavy atom. The summed E-state index contributed by atoms with van der Waals surface area (Å²) in [7, 11) is 0. The summed E-state index contributed by atoms with van der Waals surface area (Å²) in [5, 5.41) is 14.2. The summed E-state index contributed by atoms with van der Waals surface area (Å²) in [5.74, 6) is -1.25. The van der Waals surface area contributed by atoms with Crippen LogP contribution in [0.15, 0.2) is 29.2 Å². The fourth-order valence-electron chi connectivity index (χ4n) is 1.58. The molecule has 1 aliphatic heterocycles. The predicted octanol–water partition coefficient (Wildman–Crippen LogP) is 0.999. The van der Waals surface area contributed by atoms with E-state index in [0.717, 1.165) is 11.3 Å². The van der Waals surface area contributed by atoms with Gasteiger partial charge >= 0.3 is 5.97 Å². The number of carboxylic acids is 1. The average Bonchev–Trinajstić information content (AvgIpc) is 2.75. The van der Waals surface area contributed by atoms with E-state index in [0.29, 0.717) is 9.23 Å². The Bertz CT molecular complexity index is 614. The van der Waals surface area contributed by atoms with E-state index in [2.05, 4.69) is 10.6 Å². The molecule has 1 aromatic carbocycles. The lowest BCUT2D eigenvalue weighted by Gasteiger charge is -2.09. The second-order valence-electron chi connectivity index (χ2n) is 4.30. The number of aliphatic carboxylic acids is 1. The van der Waals surface area contributed by atoms with E-state index in [-0.39, 0.29) is 12.5 Å². The van der Waals surface area contributed by atoms with Crippen molar-refractivity contribution in [2.24, 2.45) is 5.73 Å². The van der Waals surface area contributed by atoms with Gasteiger partial charge in [-0.3, -0.25) is 9.59 Å². The maximum Gasteiger partial charge on any atom is 0.322 e. The number of nitrogens with one attached hydrogen (secondary N) is 2. The summed E-state index contributed by atoms with van der Waals surface area (Å²) in [6.45, 7) is 0.141. The second kappa shape index (κ2) is 6.70. The van der Waals surface area contributed by atoms with Crippen LogP contribution in [0.5, 0.6) is 0 Å². The van der Waals surface area contributed by atoms with Crippen LogP contribution in [0.2, 0.25) is 0 Å². The Hall–Kier alpha value is -1.90. The third-order valence-corrected chi connectivity index (χ3v) is 3.86. The number of carboxylic acid groups (broad SMARTS) is 1. The van der Waals surface area contributed by atoms with E-state index < -0.39 is 12.0 Å². The van der Waals surface area contributed by atoms with Crippen molar-refractivity contribution in [2.75, 3.05) is 11.9 Å². The maximum atomic E-state index is 11.5. The molecule has 1 aliphatic rings. The molecule has 21 heavy (non-hydrogen) atoms. The van der Waals surface area contributed by atoms with Crippen molar-refractivity contribution in [3.8, 4) is 0 Å². The van der Waals surface area contributed by atoms with Gasteiger partial charge in [0.15, 0.2) is 0 Å². The maximum absolute atomic E-state index is 11.5. The zero-order chi connectivity index (χ0) is 15.4. The Kier molecular flexibility index (Phi) is 4.94. The summed E-state index contributed by atoms with van der Waals surface area (Å²) < 4.78 is 0.451. The lowest BCUT2D eigenvalue weighted by atomic mass is 10.2. The van der Waals surface area contributed by atoms with Crippen LogP contribution >= 0.6 is 24.0 Å².